The van der Waals surface area contributed by atoms with E-state index in [0.29, 0.717) is 0 Å². The van der Waals surface area contributed by atoms with Crippen LogP contribution in [0.3, 0.4) is 0 Å². The molecule has 2 aliphatic rings. The standard InChI is InChI=1S/C12H15N3O2S/c1-15-10(16)6-8(11(15)17)14-12-13-7-4-2-3-5-9(7)18-12/h8H,2-6H2,1H3,(H,13,14). The first kappa shape index (κ1) is 11.6. The molecule has 0 spiro atoms. The Bertz CT molecular complexity index is 488. The van der Waals surface area contributed by atoms with Gasteiger partial charge in [0.15, 0.2) is 5.13 Å². The molecule has 18 heavy (non-hydrogen) atoms. The van der Waals surface area contributed by atoms with Crippen molar-refractivity contribution in [3.63, 3.8) is 0 Å². The van der Waals surface area contributed by atoms with Crippen molar-refractivity contribution in [3.8, 4) is 0 Å². The van der Waals surface area contributed by atoms with Crippen LogP contribution in [0.1, 0.15) is 29.8 Å². The van der Waals surface area contributed by atoms with E-state index in [1.807, 2.05) is 0 Å². The van der Waals surface area contributed by atoms with Crippen LogP contribution < -0.4 is 5.32 Å². The zero-order valence-electron chi connectivity index (χ0n) is 10.2. The first-order chi connectivity index (χ1) is 8.65. The van der Waals surface area contributed by atoms with Crippen molar-refractivity contribution in [3.05, 3.63) is 10.6 Å². The average molecular weight is 265 g/mol. The number of hydrogen-bond acceptors (Lipinski definition) is 5. The van der Waals surface area contributed by atoms with Gasteiger partial charge in [-0.2, -0.15) is 0 Å². The van der Waals surface area contributed by atoms with Crippen molar-refractivity contribution in [1.29, 1.82) is 0 Å². The fourth-order valence-corrected chi connectivity index (χ4v) is 3.53. The average Bonchev–Trinajstić information content (AvgIpc) is 2.87. The van der Waals surface area contributed by atoms with E-state index in [0.717, 1.165) is 18.0 Å². The second kappa shape index (κ2) is 4.35. The Morgan fingerprint density at radius 3 is 2.78 bits per heavy atom. The molecule has 1 aromatic heterocycles. The normalized spacial score (nSPS) is 23.4. The van der Waals surface area contributed by atoms with Crippen molar-refractivity contribution in [1.82, 2.24) is 9.88 Å². The Hall–Kier alpha value is -1.43. The minimum atomic E-state index is -0.435. The number of aryl methyl sites for hydroxylation is 2. The highest BCUT2D eigenvalue weighted by Crippen LogP contribution is 2.30. The van der Waals surface area contributed by atoms with Crippen LogP contribution >= 0.6 is 11.3 Å². The number of nitrogens with one attached hydrogen (secondary N) is 1. The zero-order valence-corrected chi connectivity index (χ0v) is 11.0. The molecule has 1 aliphatic carbocycles. The van der Waals surface area contributed by atoms with Crippen molar-refractivity contribution >= 4 is 28.3 Å². The lowest BCUT2D eigenvalue weighted by molar-refractivity contribution is -0.136. The number of anilines is 1. The molecule has 2 heterocycles. The molecule has 1 saturated heterocycles. The molecule has 2 amide bonds. The molecule has 1 aromatic rings. The molecular weight excluding hydrogens is 250 g/mol. The summed E-state index contributed by atoms with van der Waals surface area (Å²) in [4.78, 5) is 30.2. The number of imide groups is 1. The fraction of sp³-hybridized carbons (Fsp3) is 0.583. The van der Waals surface area contributed by atoms with Crippen LogP contribution in [0.25, 0.3) is 0 Å². The third kappa shape index (κ3) is 1.90. The third-order valence-electron chi connectivity index (χ3n) is 3.52. The molecule has 1 aliphatic heterocycles. The Kier molecular flexibility index (Phi) is 2.81. The van der Waals surface area contributed by atoms with Crippen LogP contribution in [0.15, 0.2) is 0 Å². The summed E-state index contributed by atoms with van der Waals surface area (Å²) in [6.45, 7) is 0. The lowest BCUT2D eigenvalue weighted by Crippen LogP contribution is -2.31. The Balaban J connectivity index is 1.75. The largest absolute Gasteiger partial charge is 0.349 e. The van der Waals surface area contributed by atoms with E-state index in [9.17, 15) is 9.59 Å². The van der Waals surface area contributed by atoms with Crippen LogP contribution in [0.5, 0.6) is 0 Å². The molecule has 1 fully saturated rings. The lowest BCUT2D eigenvalue weighted by Gasteiger charge is -2.09. The lowest BCUT2D eigenvalue weighted by atomic mass is 10.0. The molecular formula is C12H15N3O2S. The Labute approximate surface area is 109 Å². The maximum atomic E-state index is 11.8. The molecule has 0 aromatic carbocycles. The van der Waals surface area contributed by atoms with Crippen molar-refractivity contribution in [2.75, 3.05) is 12.4 Å². The molecule has 0 bridgehead atoms. The summed E-state index contributed by atoms with van der Waals surface area (Å²) in [5, 5.41) is 3.88. The van der Waals surface area contributed by atoms with E-state index in [-0.39, 0.29) is 18.2 Å². The Morgan fingerprint density at radius 1 is 1.33 bits per heavy atom. The van der Waals surface area contributed by atoms with Gasteiger partial charge < -0.3 is 5.32 Å². The van der Waals surface area contributed by atoms with Gasteiger partial charge in [0.25, 0.3) is 5.91 Å². The van der Waals surface area contributed by atoms with E-state index in [1.54, 1.807) is 11.3 Å². The number of likely N-dealkylation sites (N-methyl/N-ethyl adjacent to an activating group) is 1. The van der Waals surface area contributed by atoms with Gasteiger partial charge in [-0.1, -0.05) is 0 Å². The number of amides is 2. The predicted octanol–water partition coefficient (Wildman–Crippen LogP) is 1.19. The maximum Gasteiger partial charge on any atom is 0.251 e. The van der Waals surface area contributed by atoms with Crippen LogP contribution in [-0.4, -0.2) is 34.8 Å². The molecule has 3 rings (SSSR count). The topological polar surface area (TPSA) is 62.3 Å². The molecule has 1 unspecified atom stereocenters. The molecule has 6 heteroatoms. The summed E-state index contributed by atoms with van der Waals surface area (Å²) >= 11 is 1.62. The summed E-state index contributed by atoms with van der Waals surface area (Å²) < 4.78 is 0. The van der Waals surface area contributed by atoms with Gasteiger partial charge >= 0.3 is 0 Å². The molecule has 1 N–H and O–H groups in total. The number of nitrogens with zero attached hydrogens (tertiary/aromatic N) is 2. The number of carbonyl (C=O) groups excluding carboxylic acids is 2. The number of rotatable bonds is 2. The highest BCUT2D eigenvalue weighted by atomic mass is 32.1. The summed E-state index contributed by atoms with van der Waals surface area (Å²) in [5.74, 6) is -0.285. The number of likely N-dealkylation sites (tertiary alicyclic amines) is 1. The first-order valence-electron chi connectivity index (χ1n) is 6.20. The molecule has 0 radical (unpaired) electrons. The fourth-order valence-electron chi connectivity index (χ4n) is 2.43. The smallest absolute Gasteiger partial charge is 0.251 e. The Morgan fingerprint density at radius 2 is 2.11 bits per heavy atom. The zero-order chi connectivity index (χ0) is 12.7. The van der Waals surface area contributed by atoms with Gasteiger partial charge in [-0.25, -0.2) is 4.98 Å². The van der Waals surface area contributed by atoms with Gasteiger partial charge in [0, 0.05) is 11.9 Å². The van der Waals surface area contributed by atoms with E-state index in [2.05, 4.69) is 10.3 Å². The molecule has 1 atom stereocenters. The monoisotopic (exact) mass is 265 g/mol. The van der Waals surface area contributed by atoms with Crippen LogP contribution in [0.2, 0.25) is 0 Å². The minimum absolute atomic E-state index is 0.126. The van der Waals surface area contributed by atoms with Gasteiger partial charge in [-0.05, 0) is 25.7 Å². The number of carbonyl (C=O) groups is 2. The summed E-state index contributed by atoms with van der Waals surface area (Å²) in [6, 6.07) is -0.435. The summed E-state index contributed by atoms with van der Waals surface area (Å²) in [7, 11) is 1.53. The quantitative estimate of drug-likeness (QED) is 0.816. The summed E-state index contributed by atoms with van der Waals surface area (Å²) in [6.07, 6.45) is 4.77. The van der Waals surface area contributed by atoms with Gasteiger partial charge in [-0.3, -0.25) is 14.5 Å². The number of thiazole rings is 1. The summed E-state index contributed by atoms with van der Waals surface area (Å²) in [5.41, 5.74) is 1.17. The van der Waals surface area contributed by atoms with E-state index in [1.165, 1.54) is 35.4 Å². The van der Waals surface area contributed by atoms with Gasteiger partial charge in [0.1, 0.15) is 6.04 Å². The maximum absolute atomic E-state index is 11.8. The first-order valence-corrected chi connectivity index (χ1v) is 7.02. The number of fused-ring (bicyclic) bond motifs is 1. The van der Waals surface area contributed by atoms with Crippen molar-refractivity contribution in [2.24, 2.45) is 0 Å². The predicted molar refractivity (Wildman–Crippen MR) is 68.6 cm³/mol. The van der Waals surface area contributed by atoms with E-state index in [4.69, 9.17) is 0 Å². The molecule has 0 saturated carbocycles. The second-order valence-electron chi connectivity index (χ2n) is 4.79. The minimum Gasteiger partial charge on any atom is -0.349 e. The van der Waals surface area contributed by atoms with Crippen LogP contribution in [-0.2, 0) is 22.4 Å². The molecule has 5 nitrogen and oxygen atoms in total. The van der Waals surface area contributed by atoms with E-state index < -0.39 is 6.04 Å². The second-order valence-corrected chi connectivity index (χ2v) is 5.87. The van der Waals surface area contributed by atoms with Crippen LogP contribution in [0, 0.1) is 0 Å². The van der Waals surface area contributed by atoms with Gasteiger partial charge in [0.2, 0.25) is 5.91 Å². The van der Waals surface area contributed by atoms with Crippen LogP contribution in [0.4, 0.5) is 5.13 Å². The number of hydrogen-bond donors (Lipinski definition) is 1. The van der Waals surface area contributed by atoms with Gasteiger partial charge in [0.05, 0.1) is 12.1 Å². The van der Waals surface area contributed by atoms with E-state index >= 15 is 0 Å². The van der Waals surface area contributed by atoms with Crippen molar-refractivity contribution in [2.45, 2.75) is 38.1 Å². The highest BCUT2D eigenvalue weighted by molar-refractivity contribution is 7.15. The highest BCUT2D eigenvalue weighted by Gasteiger charge is 2.36. The third-order valence-corrected chi connectivity index (χ3v) is 4.61. The number of aromatic nitrogens is 1. The molecule has 96 valence electrons. The van der Waals surface area contributed by atoms with Crippen molar-refractivity contribution < 1.29 is 9.59 Å². The SMILES string of the molecule is CN1C(=O)CC(Nc2nc3c(s2)CCCC3)C1=O. The van der Waals surface area contributed by atoms with Gasteiger partial charge in [-0.15, -0.1) is 11.3 Å².